The highest BCUT2D eigenvalue weighted by atomic mass is 16.3. The summed E-state index contributed by atoms with van der Waals surface area (Å²) in [6.07, 6.45) is 6.56. The van der Waals surface area contributed by atoms with Crippen LogP contribution < -0.4 is 5.43 Å². The molecule has 0 aliphatic carbocycles. The van der Waals surface area contributed by atoms with E-state index in [0.29, 0.717) is 5.56 Å². The Morgan fingerprint density at radius 3 is 2.50 bits per heavy atom. The second-order valence-electron chi connectivity index (χ2n) is 6.70. The number of nitrogens with zero attached hydrogens (tertiary/aromatic N) is 2. The molecule has 2 aromatic carbocycles. The van der Waals surface area contributed by atoms with Crippen molar-refractivity contribution in [3.63, 3.8) is 0 Å². The molecule has 0 radical (unpaired) electrons. The van der Waals surface area contributed by atoms with Crippen LogP contribution in [0.4, 0.5) is 0 Å². The monoisotopic (exact) mass is 395 g/mol. The number of amides is 1. The van der Waals surface area contributed by atoms with E-state index in [1.807, 2.05) is 36.4 Å². The summed E-state index contributed by atoms with van der Waals surface area (Å²) in [5.41, 5.74) is 7.44. The Morgan fingerprint density at radius 2 is 1.77 bits per heavy atom. The summed E-state index contributed by atoms with van der Waals surface area (Å²) in [6.45, 7) is 2.07. The van der Waals surface area contributed by atoms with Gasteiger partial charge < -0.3 is 8.98 Å². The van der Waals surface area contributed by atoms with Gasteiger partial charge in [0.25, 0.3) is 5.91 Å². The number of carbonyl (C=O) groups is 1. The van der Waals surface area contributed by atoms with Gasteiger partial charge in [-0.1, -0.05) is 30.3 Å². The highest BCUT2D eigenvalue weighted by Gasteiger charge is 2.10. The molecule has 0 aliphatic heterocycles. The Balaban J connectivity index is 1.46. The maximum atomic E-state index is 12.3. The van der Waals surface area contributed by atoms with Crippen LogP contribution in [0.2, 0.25) is 0 Å². The van der Waals surface area contributed by atoms with Crippen molar-refractivity contribution >= 4 is 18.2 Å². The number of rotatable bonds is 6. The molecule has 1 amide bonds. The van der Waals surface area contributed by atoms with E-state index >= 15 is 0 Å². The van der Waals surface area contributed by atoms with Gasteiger partial charge in [-0.25, -0.2) is 5.43 Å². The number of aryl methyl sites for hydroxylation is 1. The van der Waals surface area contributed by atoms with Gasteiger partial charge in [0.1, 0.15) is 5.76 Å². The highest BCUT2D eigenvalue weighted by molar-refractivity contribution is 5.94. The quantitative estimate of drug-likeness (QED) is 0.347. The predicted molar refractivity (Wildman–Crippen MR) is 120 cm³/mol. The zero-order valence-electron chi connectivity index (χ0n) is 16.5. The molecule has 0 saturated carbocycles. The van der Waals surface area contributed by atoms with Crippen LogP contribution >= 0.6 is 0 Å². The Labute approximate surface area is 175 Å². The Kier molecular flexibility index (Phi) is 5.71. The lowest BCUT2D eigenvalue weighted by Gasteiger charge is -2.12. The normalized spacial score (nSPS) is 11.4. The summed E-state index contributed by atoms with van der Waals surface area (Å²) in [5, 5.41) is 3.93. The van der Waals surface area contributed by atoms with Crippen LogP contribution in [0.1, 0.15) is 21.8 Å². The number of furan rings is 1. The summed E-state index contributed by atoms with van der Waals surface area (Å²) >= 11 is 0. The zero-order valence-corrected chi connectivity index (χ0v) is 16.5. The topological polar surface area (TPSA) is 59.5 Å². The molecule has 0 spiro atoms. The maximum absolute atomic E-state index is 12.3. The Hall–Kier alpha value is -4.12. The van der Waals surface area contributed by atoms with Crippen LogP contribution in [0.3, 0.4) is 0 Å². The first-order valence-corrected chi connectivity index (χ1v) is 9.60. The van der Waals surface area contributed by atoms with Crippen molar-refractivity contribution < 1.29 is 9.21 Å². The number of hydrogen-bond donors (Lipinski definition) is 1. The van der Waals surface area contributed by atoms with Crippen LogP contribution in [-0.2, 0) is 0 Å². The fourth-order valence-electron chi connectivity index (χ4n) is 3.20. The molecule has 0 bridgehead atoms. The minimum Gasteiger partial charge on any atom is -0.465 e. The van der Waals surface area contributed by atoms with Crippen LogP contribution in [0.15, 0.2) is 101 Å². The summed E-state index contributed by atoms with van der Waals surface area (Å²) < 4.78 is 7.35. The lowest BCUT2D eigenvalue weighted by Crippen LogP contribution is -2.17. The van der Waals surface area contributed by atoms with Gasteiger partial charge in [-0.05, 0) is 73.2 Å². The van der Waals surface area contributed by atoms with Crippen molar-refractivity contribution in [2.75, 3.05) is 0 Å². The van der Waals surface area contributed by atoms with Crippen molar-refractivity contribution in [3.8, 4) is 16.9 Å². The third-order valence-corrected chi connectivity index (χ3v) is 4.66. The van der Waals surface area contributed by atoms with E-state index < -0.39 is 0 Å². The van der Waals surface area contributed by atoms with Crippen molar-refractivity contribution in [1.29, 1.82) is 0 Å². The molecule has 5 nitrogen and oxygen atoms in total. The van der Waals surface area contributed by atoms with E-state index in [4.69, 9.17) is 4.42 Å². The van der Waals surface area contributed by atoms with Gasteiger partial charge in [-0.2, -0.15) is 5.10 Å². The van der Waals surface area contributed by atoms with E-state index in [-0.39, 0.29) is 5.91 Å². The zero-order chi connectivity index (χ0) is 20.8. The van der Waals surface area contributed by atoms with E-state index in [0.717, 1.165) is 28.4 Å². The molecule has 148 valence electrons. The van der Waals surface area contributed by atoms with Gasteiger partial charge in [-0.15, -0.1) is 0 Å². The molecule has 0 aliphatic rings. The van der Waals surface area contributed by atoms with E-state index in [9.17, 15) is 4.79 Å². The number of carbonyl (C=O) groups excluding carboxylic acids is 1. The Morgan fingerprint density at radius 1 is 0.967 bits per heavy atom. The molecule has 0 unspecified atom stereocenters. The first-order chi connectivity index (χ1) is 14.7. The van der Waals surface area contributed by atoms with Gasteiger partial charge in [0.05, 0.1) is 12.0 Å². The summed E-state index contributed by atoms with van der Waals surface area (Å²) in [4.78, 5) is 12.3. The second kappa shape index (κ2) is 8.92. The van der Waals surface area contributed by atoms with E-state index in [1.54, 1.807) is 36.6 Å². The summed E-state index contributed by atoms with van der Waals surface area (Å²) in [7, 11) is 0. The molecule has 30 heavy (non-hydrogen) atoms. The molecule has 1 N–H and O–H groups in total. The molecule has 0 fully saturated rings. The average Bonchev–Trinajstić information content (AvgIpc) is 3.44. The average molecular weight is 395 g/mol. The van der Waals surface area contributed by atoms with Gasteiger partial charge in [0.2, 0.25) is 0 Å². The fourth-order valence-corrected chi connectivity index (χ4v) is 3.20. The Bertz CT molecular complexity index is 1170. The van der Waals surface area contributed by atoms with Gasteiger partial charge in [0.15, 0.2) is 0 Å². The van der Waals surface area contributed by atoms with Crippen LogP contribution in [0.5, 0.6) is 0 Å². The SMILES string of the molecule is Cc1ccc(-c2ccccc2)n1-c1ccc(C(=O)N/N=C/C=C/c2ccco2)cc1. The van der Waals surface area contributed by atoms with E-state index in [2.05, 4.69) is 46.3 Å². The number of hydrazone groups is 1. The summed E-state index contributed by atoms with van der Waals surface area (Å²) in [5.74, 6) is 0.454. The van der Waals surface area contributed by atoms with Gasteiger partial charge in [0, 0.05) is 23.2 Å². The third-order valence-electron chi connectivity index (χ3n) is 4.66. The van der Waals surface area contributed by atoms with Crippen molar-refractivity contribution in [2.45, 2.75) is 6.92 Å². The number of aromatic nitrogens is 1. The minimum atomic E-state index is -0.267. The number of benzene rings is 2. The van der Waals surface area contributed by atoms with Crippen LogP contribution in [0.25, 0.3) is 23.0 Å². The molecule has 4 rings (SSSR count). The lowest BCUT2D eigenvalue weighted by atomic mass is 10.1. The predicted octanol–water partition coefficient (Wildman–Crippen LogP) is 5.47. The van der Waals surface area contributed by atoms with Crippen molar-refractivity contribution in [1.82, 2.24) is 9.99 Å². The molecular formula is C25H21N3O2. The van der Waals surface area contributed by atoms with Gasteiger partial charge >= 0.3 is 0 Å². The molecule has 2 heterocycles. The number of allylic oxidation sites excluding steroid dienone is 1. The molecule has 2 aromatic heterocycles. The fraction of sp³-hybridized carbons (Fsp3) is 0.0400. The van der Waals surface area contributed by atoms with E-state index in [1.165, 1.54) is 6.21 Å². The molecule has 4 aromatic rings. The van der Waals surface area contributed by atoms with Gasteiger partial charge in [-0.3, -0.25) is 4.79 Å². The molecule has 0 saturated heterocycles. The number of hydrogen-bond acceptors (Lipinski definition) is 3. The summed E-state index contributed by atoms with van der Waals surface area (Å²) in [6, 6.07) is 25.6. The standard InChI is InChI=1S/C25H21N3O2/c1-19-11-16-24(20-7-3-2-4-8-20)28(19)22-14-12-21(13-15-22)25(29)27-26-17-5-9-23-10-6-18-30-23/h2-18H,1H3,(H,27,29)/b9-5+,26-17+. The first kappa shape index (κ1) is 19.2. The highest BCUT2D eigenvalue weighted by Crippen LogP contribution is 2.26. The molecule has 0 atom stereocenters. The smallest absolute Gasteiger partial charge is 0.271 e. The first-order valence-electron chi connectivity index (χ1n) is 9.60. The lowest BCUT2D eigenvalue weighted by molar-refractivity contribution is 0.0955. The van der Waals surface area contributed by atoms with Crippen LogP contribution in [-0.4, -0.2) is 16.7 Å². The number of nitrogens with one attached hydrogen (secondary N) is 1. The second-order valence-corrected chi connectivity index (χ2v) is 6.70. The molecular weight excluding hydrogens is 374 g/mol. The minimum absolute atomic E-state index is 0.267. The van der Waals surface area contributed by atoms with Crippen molar-refractivity contribution in [3.05, 3.63) is 108 Å². The third kappa shape index (κ3) is 4.31. The van der Waals surface area contributed by atoms with Crippen molar-refractivity contribution in [2.24, 2.45) is 5.10 Å². The largest absolute Gasteiger partial charge is 0.465 e. The van der Waals surface area contributed by atoms with Crippen LogP contribution in [0, 0.1) is 6.92 Å². The molecule has 5 heteroatoms. The maximum Gasteiger partial charge on any atom is 0.271 e.